The van der Waals surface area contributed by atoms with Gasteiger partial charge in [0, 0.05) is 17.4 Å². The van der Waals surface area contributed by atoms with Crippen molar-refractivity contribution in [3.63, 3.8) is 0 Å². The number of nitrogen functional groups attached to an aromatic ring is 1. The Kier molecular flexibility index (Phi) is 2.11. The Morgan fingerprint density at radius 2 is 2.00 bits per heavy atom. The minimum atomic E-state index is -0.0586. The van der Waals surface area contributed by atoms with Crippen molar-refractivity contribution in [1.82, 2.24) is 9.78 Å². The van der Waals surface area contributed by atoms with Gasteiger partial charge < -0.3 is 5.73 Å². The number of benzene rings is 1. The maximum Gasteiger partial charge on any atom is 0.271 e. The van der Waals surface area contributed by atoms with Gasteiger partial charge >= 0.3 is 0 Å². The zero-order chi connectivity index (χ0) is 11.0. The SMILES string of the molecule is Cc1cc(=O)n(-c2ccc(N)c(C)c2)[nH]1. The highest BCUT2D eigenvalue weighted by atomic mass is 16.1. The number of hydrogen-bond acceptors (Lipinski definition) is 2. The summed E-state index contributed by atoms with van der Waals surface area (Å²) in [4.78, 5) is 11.5. The zero-order valence-electron chi connectivity index (χ0n) is 8.74. The van der Waals surface area contributed by atoms with Crippen LogP contribution >= 0.6 is 0 Å². The number of H-pyrrole nitrogens is 1. The van der Waals surface area contributed by atoms with Crippen molar-refractivity contribution >= 4 is 5.69 Å². The lowest BCUT2D eigenvalue weighted by atomic mass is 10.2. The van der Waals surface area contributed by atoms with Crippen LogP contribution in [-0.2, 0) is 0 Å². The van der Waals surface area contributed by atoms with Gasteiger partial charge in [-0.05, 0) is 37.6 Å². The third kappa shape index (κ3) is 1.66. The highest BCUT2D eigenvalue weighted by molar-refractivity contribution is 5.51. The molecule has 0 spiro atoms. The molecule has 2 aromatic rings. The fourth-order valence-corrected chi connectivity index (χ4v) is 1.50. The molecule has 15 heavy (non-hydrogen) atoms. The van der Waals surface area contributed by atoms with Crippen LogP contribution in [0.2, 0.25) is 0 Å². The molecule has 0 bridgehead atoms. The van der Waals surface area contributed by atoms with Crippen LogP contribution in [0.4, 0.5) is 5.69 Å². The molecule has 0 aliphatic heterocycles. The molecule has 0 aliphatic rings. The topological polar surface area (TPSA) is 63.8 Å². The van der Waals surface area contributed by atoms with Gasteiger partial charge in [-0.25, -0.2) is 4.68 Å². The van der Waals surface area contributed by atoms with Gasteiger partial charge in [-0.3, -0.25) is 9.89 Å². The second-order valence-electron chi connectivity index (χ2n) is 3.65. The Labute approximate surface area is 87.3 Å². The maximum absolute atomic E-state index is 11.5. The predicted molar refractivity (Wildman–Crippen MR) is 60.3 cm³/mol. The van der Waals surface area contributed by atoms with Crippen molar-refractivity contribution in [3.05, 3.63) is 45.9 Å². The Hall–Kier alpha value is -1.97. The number of hydrogen-bond donors (Lipinski definition) is 2. The largest absolute Gasteiger partial charge is 0.399 e. The summed E-state index contributed by atoms with van der Waals surface area (Å²) in [7, 11) is 0. The lowest BCUT2D eigenvalue weighted by Gasteiger charge is -2.05. The quantitative estimate of drug-likeness (QED) is 0.687. The number of aromatic nitrogens is 2. The highest BCUT2D eigenvalue weighted by Gasteiger charge is 2.03. The molecule has 0 radical (unpaired) electrons. The van der Waals surface area contributed by atoms with Crippen LogP contribution in [0.25, 0.3) is 5.69 Å². The summed E-state index contributed by atoms with van der Waals surface area (Å²) in [5, 5.41) is 2.97. The van der Waals surface area contributed by atoms with Crippen molar-refractivity contribution in [1.29, 1.82) is 0 Å². The van der Waals surface area contributed by atoms with Crippen LogP contribution in [0.15, 0.2) is 29.1 Å². The summed E-state index contributed by atoms with van der Waals surface area (Å²) >= 11 is 0. The molecule has 0 saturated carbocycles. The number of rotatable bonds is 1. The van der Waals surface area contributed by atoms with E-state index in [1.54, 1.807) is 12.1 Å². The summed E-state index contributed by atoms with van der Waals surface area (Å²) in [6, 6.07) is 7.06. The molecule has 0 amide bonds. The van der Waals surface area contributed by atoms with Gasteiger partial charge in [-0.2, -0.15) is 0 Å². The molecule has 0 atom stereocenters. The van der Waals surface area contributed by atoms with Gasteiger partial charge in [0.25, 0.3) is 5.56 Å². The molecule has 78 valence electrons. The lowest BCUT2D eigenvalue weighted by Crippen LogP contribution is -2.13. The smallest absolute Gasteiger partial charge is 0.271 e. The highest BCUT2D eigenvalue weighted by Crippen LogP contribution is 2.14. The molecule has 0 unspecified atom stereocenters. The van der Waals surface area contributed by atoms with E-state index in [-0.39, 0.29) is 5.56 Å². The molecule has 2 rings (SSSR count). The second-order valence-corrected chi connectivity index (χ2v) is 3.65. The number of aromatic amines is 1. The van der Waals surface area contributed by atoms with Gasteiger partial charge in [-0.1, -0.05) is 0 Å². The van der Waals surface area contributed by atoms with Gasteiger partial charge in [0.15, 0.2) is 0 Å². The van der Waals surface area contributed by atoms with E-state index < -0.39 is 0 Å². The summed E-state index contributed by atoms with van der Waals surface area (Å²) < 4.78 is 1.50. The molecule has 1 aromatic heterocycles. The average molecular weight is 203 g/mol. The van der Waals surface area contributed by atoms with Crippen molar-refractivity contribution in [2.24, 2.45) is 0 Å². The van der Waals surface area contributed by atoms with E-state index in [4.69, 9.17) is 5.73 Å². The summed E-state index contributed by atoms with van der Waals surface area (Å²) in [6.45, 7) is 3.77. The monoisotopic (exact) mass is 203 g/mol. The summed E-state index contributed by atoms with van der Waals surface area (Å²) in [5.74, 6) is 0. The van der Waals surface area contributed by atoms with E-state index in [2.05, 4.69) is 5.10 Å². The number of nitrogens with one attached hydrogen (secondary N) is 1. The molecule has 3 N–H and O–H groups in total. The van der Waals surface area contributed by atoms with Crippen LogP contribution in [0.1, 0.15) is 11.3 Å². The summed E-state index contributed by atoms with van der Waals surface area (Å²) in [5.41, 5.74) is 9.00. The first-order valence-corrected chi connectivity index (χ1v) is 4.73. The maximum atomic E-state index is 11.5. The second kappa shape index (κ2) is 3.31. The minimum absolute atomic E-state index is 0.0586. The molecule has 4 heteroatoms. The normalized spacial score (nSPS) is 10.5. The van der Waals surface area contributed by atoms with Gasteiger partial charge in [0.1, 0.15) is 0 Å². The Balaban J connectivity index is 2.59. The Bertz CT molecular complexity index is 551. The van der Waals surface area contributed by atoms with Crippen molar-refractivity contribution in [2.75, 3.05) is 5.73 Å². The third-order valence-corrected chi connectivity index (χ3v) is 2.36. The van der Waals surface area contributed by atoms with Crippen molar-refractivity contribution < 1.29 is 0 Å². The van der Waals surface area contributed by atoms with E-state index in [0.29, 0.717) is 0 Å². The Morgan fingerprint density at radius 3 is 2.53 bits per heavy atom. The van der Waals surface area contributed by atoms with Crippen LogP contribution in [-0.4, -0.2) is 9.78 Å². The lowest BCUT2D eigenvalue weighted by molar-refractivity contribution is 0.834. The fraction of sp³-hybridized carbons (Fsp3) is 0.182. The third-order valence-electron chi connectivity index (χ3n) is 2.36. The predicted octanol–water partition coefficient (Wildman–Crippen LogP) is 1.36. The first-order chi connectivity index (χ1) is 7.08. The molecule has 0 saturated heterocycles. The molecule has 0 aliphatic carbocycles. The van der Waals surface area contributed by atoms with E-state index in [1.807, 2.05) is 26.0 Å². The number of anilines is 1. The van der Waals surface area contributed by atoms with E-state index in [1.165, 1.54) is 4.68 Å². The molecule has 1 aromatic carbocycles. The number of aryl methyl sites for hydroxylation is 2. The van der Waals surface area contributed by atoms with E-state index >= 15 is 0 Å². The van der Waals surface area contributed by atoms with E-state index in [0.717, 1.165) is 22.6 Å². The average Bonchev–Trinajstić information content (AvgIpc) is 2.50. The van der Waals surface area contributed by atoms with Gasteiger partial charge in [-0.15, -0.1) is 0 Å². The van der Waals surface area contributed by atoms with Crippen molar-refractivity contribution in [2.45, 2.75) is 13.8 Å². The summed E-state index contributed by atoms with van der Waals surface area (Å²) in [6.07, 6.45) is 0. The van der Waals surface area contributed by atoms with Crippen LogP contribution in [0.3, 0.4) is 0 Å². The minimum Gasteiger partial charge on any atom is -0.399 e. The number of nitrogens with two attached hydrogens (primary N) is 1. The molecular formula is C11H13N3O. The van der Waals surface area contributed by atoms with E-state index in [9.17, 15) is 4.79 Å². The zero-order valence-corrected chi connectivity index (χ0v) is 8.74. The standard InChI is InChI=1S/C11H13N3O/c1-7-5-9(3-4-10(7)12)14-11(15)6-8(2)13-14/h3-6,13H,12H2,1-2H3. The first-order valence-electron chi connectivity index (χ1n) is 4.73. The molecular weight excluding hydrogens is 190 g/mol. The number of nitrogens with zero attached hydrogens (tertiary/aromatic N) is 1. The van der Waals surface area contributed by atoms with Crippen LogP contribution in [0, 0.1) is 13.8 Å². The van der Waals surface area contributed by atoms with Gasteiger partial charge in [0.2, 0.25) is 0 Å². The van der Waals surface area contributed by atoms with Gasteiger partial charge in [0.05, 0.1) is 5.69 Å². The van der Waals surface area contributed by atoms with Crippen LogP contribution in [0.5, 0.6) is 0 Å². The molecule has 4 nitrogen and oxygen atoms in total. The first kappa shape index (κ1) is 9.58. The molecule has 0 fully saturated rings. The molecule has 1 heterocycles. The van der Waals surface area contributed by atoms with Crippen molar-refractivity contribution in [3.8, 4) is 5.69 Å². The Morgan fingerprint density at radius 1 is 1.27 bits per heavy atom. The fourth-order valence-electron chi connectivity index (χ4n) is 1.50. The van der Waals surface area contributed by atoms with Crippen LogP contribution < -0.4 is 11.3 Å².